The van der Waals surface area contributed by atoms with Crippen LogP contribution in [0.5, 0.6) is 11.5 Å². The Kier molecular flexibility index (Phi) is 8.52. The predicted octanol–water partition coefficient (Wildman–Crippen LogP) is 11.6. The van der Waals surface area contributed by atoms with Crippen LogP contribution in [0.4, 0.5) is 34.1 Å². The SMILES string of the molecule is CCCCn1c2ccc(N(c3ccccc3)c3ccc(OC)cc3)cc2c2cc(N(c3ccccc3)c3ccc(OC)cc3)ccc21. The molecule has 0 aliphatic heterocycles. The molecule has 0 aliphatic carbocycles. The van der Waals surface area contributed by atoms with Crippen molar-refractivity contribution in [3.8, 4) is 11.5 Å². The second-order valence-corrected chi connectivity index (χ2v) is 11.6. The fourth-order valence-corrected chi connectivity index (χ4v) is 6.43. The summed E-state index contributed by atoms with van der Waals surface area (Å²) in [5.74, 6) is 1.67. The molecule has 0 atom stereocenters. The topological polar surface area (TPSA) is 29.9 Å². The van der Waals surface area contributed by atoms with Crippen LogP contribution in [-0.4, -0.2) is 18.8 Å². The summed E-state index contributed by atoms with van der Waals surface area (Å²) in [4.78, 5) is 4.62. The molecule has 5 nitrogen and oxygen atoms in total. The Morgan fingerprint density at radius 3 is 1.23 bits per heavy atom. The standard InChI is InChI=1S/C42H39N3O2/c1-4-5-28-43-41-26-20-35(44(31-12-8-6-9-13-31)33-16-22-37(46-2)23-17-33)29-39(41)40-30-36(21-27-42(40)43)45(32-14-10-7-11-15-32)34-18-24-38(47-3)25-19-34/h6-27,29-30H,4-5,28H2,1-3H3. The van der Waals surface area contributed by atoms with Gasteiger partial charge in [-0.05, 0) is 116 Å². The highest BCUT2D eigenvalue weighted by molar-refractivity contribution is 6.11. The molecule has 0 unspecified atom stereocenters. The first kappa shape index (κ1) is 30.0. The number of fused-ring (bicyclic) bond motifs is 3. The summed E-state index contributed by atoms with van der Waals surface area (Å²) in [6, 6.07) is 51.4. The number of unbranched alkanes of at least 4 members (excludes halogenated alkanes) is 1. The van der Waals surface area contributed by atoms with Crippen molar-refractivity contribution in [2.75, 3.05) is 24.0 Å². The zero-order chi connectivity index (χ0) is 32.2. The number of aryl methyl sites for hydroxylation is 1. The number of methoxy groups -OCH3 is 2. The minimum absolute atomic E-state index is 0.837. The van der Waals surface area contributed by atoms with Crippen molar-refractivity contribution in [2.24, 2.45) is 0 Å². The van der Waals surface area contributed by atoms with E-state index in [1.54, 1.807) is 14.2 Å². The molecule has 6 aromatic carbocycles. The van der Waals surface area contributed by atoms with Crippen molar-refractivity contribution < 1.29 is 9.47 Å². The molecule has 0 saturated heterocycles. The number of aromatic nitrogens is 1. The van der Waals surface area contributed by atoms with Crippen molar-refractivity contribution in [3.63, 3.8) is 0 Å². The minimum atomic E-state index is 0.837. The Balaban J connectivity index is 1.43. The van der Waals surface area contributed by atoms with Gasteiger partial charge in [-0.3, -0.25) is 0 Å². The van der Waals surface area contributed by atoms with Crippen LogP contribution in [0.1, 0.15) is 19.8 Å². The summed E-state index contributed by atoms with van der Waals surface area (Å²) < 4.78 is 13.4. The highest BCUT2D eigenvalue weighted by Crippen LogP contribution is 2.42. The van der Waals surface area contributed by atoms with Crippen LogP contribution in [0.25, 0.3) is 21.8 Å². The number of para-hydroxylation sites is 2. The molecule has 0 saturated carbocycles. The van der Waals surface area contributed by atoms with E-state index in [1.165, 1.54) is 21.8 Å². The van der Waals surface area contributed by atoms with Gasteiger partial charge in [-0.25, -0.2) is 0 Å². The van der Waals surface area contributed by atoms with Crippen LogP contribution in [0.3, 0.4) is 0 Å². The van der Waals surface area contributed by atoms with E-state index in [0.29, 0.717) is 0 Å². The molecule has 0 amide bonds. The smallest absolute Gasteiger partial charge is 0.119 e. The first-order chi connectivity index (χ1) is 23.2. The summed E-state index contributed by atoms with van der Waals surface area (Å²) in [5, 5.41) is 2.46. The van der Waals surface area contributed by atoms with Gasteiger partial charge < -0.3 is 23.8 Å². The van der Waals surface area contributed by atoms with E-state index >= 15 is 0 Å². The van der Waals surface area contributed by atoms with Crippen molar-refractivity contribution in [1.29, 1.82) is 0 Å². The number of nitrogens with zero attached hydrogens (tertiary/aromatic N) is 3. The fraction of sp³-hybridized carbons (Fsp3) is 0.143. The number of hydrogen-bond acceptors (Lipinski definition) is 4. The van der Waals surface area contributed by atoms with Crippen LogP contribution in [0.15, 0.2) is 146 Å². The molecule has 0 aliphatic rings. The van der Waals surface area contributed by atoms with Gasteiger partial charge in [-0.15, -0.1) is 0 Å². The Hall–Kier alpha value is -5.68. The lowest BCUT2D eigenvalue weighted by Crippen LogP contribution is -2.10. The monoisotopic (exact) mass is 617 g/mol. The quantitative estimate of drug-likeness (QED) is 0.144. The van der Waals surface area contributed by atoms with Gasteiger partial charge in [-0.2, -0.15) is 0 Å². The Morgan fingerprint density at radius 1 is 0.468 bits per heavy atom. The van der Waals surface area contributed by atoms with Crippen molar-refractivity contribution in [2.45, 2.75) is 26.3 Å². The zero-order valence-corrected chi connectivity index (χ0v) is 27.1. The largest absolute Gasteiger partial charge is 0.497 e. The van der Waals surface area contributed by atoms with Crippen LogP contribution in [-0.2, 0) is 6.54 Å². The van der Waals surface area contributed by atoms with Crippen LogP contribution in [0.2, 0.25) is 0 Å². The zero-order valence-electron chi connectivity index (χ0n) is 27.1. The van der Waals surface area contributed by atoms with E-state index in [1.807, 2.05) is 24.3 Å². The van der Waals surface area contributed by atoms with E-state index in [0.717, 1.165) is 65.0 Å². The molecule has 234 valence electrons. The van der Waals surface area contributed by atoms with E-state index in [2.05, 4.69) is 143 Å². The number of ether oxygens (including phenoxy) is 2. The lowest BCUT2D eigenvalue weighted by atomic mass is 10.1. The maximum absolute atomic E-state index is 5.48. The van der Waals surface area contributed by atoms with Gasteiger partial charge >= 0.3 is 0 Å². The summed E-state index contributed by atoms with van der Waals surface area (Å²) in [7, 11) is 3.40. The van der Waals surface area contributed by atoms with Crippen molar-refractivity contribution >= 4 is 55.9 Å². The molecular weight excluding hydrogens is 578 g/mol. The third-order valence-corrected chi connectivity index (χ3v) is 8.77. The van der Waals surface area contributed by atoms with Gasteiger partial charge in [0.15, 0.2) is 0 Å². The number of hydrogen-bond donors (Lipinski definition) is 0. The Bertz CT molecular complexity index is 1940. The number of benzene rings is 6. The lowest BCUT2D eigenvalue weighted by Gasteiger charge is -2.26. The minimum Gasteiger partial charge on any atom is -0.497 e. The maximum atomic E-state index is 5.48. The highest BCUT2D eigenvalue weighted by atomic mass is 16.5. The van der Waals surface area contributed by atoms with Gasteiger partial charge in [0.2, 0.25) is 0 Å². The van der Waals surface area contributed by atoms with E-state index < -0.39 is 0 Å². The molecule has 47 heavy (non-hydrogen) atoms. The van der Waals surface area contributed by atoms with Crippen LogP contribution < -0.4 is 19.3 Å². The third-order valence-electron chi connectivity index (χ3n) is 8.77. The molecule has 0 fully saturated rings. The van der Waals surface area contributed by atoms with Gasteiger partial charge in [-0.1, -0.05) is 49.7 Å². The molecule has 0 N–H and O–H groups in total. The molecule has 1 aromatic heterocycles. The third kappa shape index (κ3) is 5.88. The lowest BCUT2D eigenvalue weighted by molar-refractivity contribution is 0.414. The molecule has 7 rings (SSSR count). The van der Waals surface area contributed by atoms with Gasteiger partial charge in [0, 0.05) is 62.5 Å². The Labute approximate surface area is 276 Å². The molecule has 0 radical (unpaired) electrons. The van der Waals surface area contributed by atoms with Crippen LogP contribution >= 0.6 is 0 Å². The summed E-state index contributed by atoms with van der Waals surface area (Å²) >= 11 is 0. The average molecular weight is 618 g/mol. The second-order valence-electron chi connectivity index (χ2n) is 11.6. The predicted molar refractivity (Wildman–Crippen MR) is 197 cm³/mol. The Morgan fingerprint density at radius 2 is 0.851 bits per heavy atom. The normalized spacial score (nSPS) is 11.1. The summed E-state index contributed by atoms with van der Waals surface area (Å²) in [5.41, 5.74) is 9.03. The first-order valence-electron chi connectivity index (χ1n) is 16.2. The van der Waals surface area contributed by atoms with E-state index in [9.17, 15) is 0 Å². The number of anilines is 6. The van der Waals surface area contributed by atoms with Crippen molar-refractivity contribution in [1.82, 2.24) is 4.57 Å². The van der Waals surface area contributed by atoms with Gasteiger partial charge in [0.1, 0.15) is 11.5 Å². The van der Waals surface area contributed by atoms with Gasteiger partial charge in [0.25, 0.3) is 0 Å². The molecule has 1 heterocycles. The molecule has 0 spiro atoms. The van der Waals surface area contributed by atoms with Crippen LogP contribution in [0, 0.1) is 0 Å². The van der Waals surface area contributed by atoms with E-state index in [-0.39, 0.29) is 0 Å². The second kappa shape index (κ2) is 13.4. The van der Waals surface area contributed by atoms with Crippen molar-refractivity contribution in [3.05, 3.63) is 146 Å². The van der Waals surface area contributed by atoms with E-state index in [4.69, 9.17) is 9.47 Å². The summed E-state index contributed by atoms with van der Waals surface area (Å²) in [6.45, 7) is 3.22. The molecule has 0 bridgehead atoms. The molecule has 7 aromatic rings. The summed E-state index contributed by atoms with van der Waals surface area (Å²) in [6.07, 6.45) is 2.25. The fourth-order valence-electron chi connectivity index (χ4n) is 6.43. The van der Waals surface area contributed by atoms with Gasteiger partial charge in [0.05, 0.1) is 14.2 Å². The maximum Gasteiger partial charge on any atom is 0.119 e. The molecular formula is C42H39N3O2. The number of rotatable bonds is 11. The first-order valence-corrected chi connectivity index (χ1v) is 16.2. The highest BCUT2D eigenvalue weighted by Gasteiger charge is 2.19. The average Bonchev–Trinajstić information content (AvgIpc) is 3.44. The molecule has 5 heteroatoms.